The summed E-state index contributed by atoms with van der Waals surface area (Å²) in [7, 11) is 2.84. The Morgan fingerprint density at radius 2 is 1.64 bits per heavy atom. The predicted molar refractivity (Wildman–Crippen MR) is 53.7 cm³/mol. The van der Waals surface area contributed by atoms with Crippen molar-refractivity contribution in [3.05, 3.63) is 23.8 Å². The molecule has 4 nitrogen and oxygen atoms in total. The zero-order chi connectivity index (χ0) is 9.84. The van der Waals surface area contributed by atoms with Gasteiger partial charge in [0.2, 0.25) is 0 Å². The summed E-state index contributed by atoms with van der Waals surface area (Å²) in [4.78, 5) is 10.8. The molecule has 0 aliphatic carbocycles. The molecule has 0 aromatic heterocycles. The van der Waals surface area contributed by atoms with Crippen LogP contribution in [0.1, 0.15) is 10.4 Å². The third kappa shape index (κ3) is 3.18. The third-order valence-corrected chi connectivity index (χ3v) is 1.64. The summed E-state index contributed by atoms with van der Waals surface area (Å²) in [6.45, 7) is 0. The van der Waals surface area contributed by atoms with Gasteiger partial charge in [-0.2, -0.15) is 0 Å². The first-order valence-electron chi connectivity index (χ1n) is 3.65. The molecule has 0 aliphatic heterocycles. The SMILES string of the molecule is COc1cccc(OC)c1C(=O)O.[CsH]. The molecule has 1 rings (SSSR count). The van der Waals surface area contributed by atoms with Crippen molar-refractivity contribution in [2.24, 2.45) is 0 Å². The van der Waals surface area contributed by atoms with Crippen LogP contribution >= 0.6 is 0 Å². The Bertz CT molecular complexity index is 302. The second kappa shape index (κ2) is 6.76. The zero-order valence-electron chi connectivity index (χ0n) is 7.40. The standard InChI is InChI=1S/C9H10O4.Cs.H/c1-12-6-4-3-5-7(13-2)8(6)9(10)11;;/h3-5H,1-2H3,(H,10,11);;. The molecule has 5 heteroatoms. The number of benzene rings is 1. The molecule has 1 aromatic carbocycles. The van der Waals surface area contributed by atoms with Crippen LogP contribution in [0.3, 0.4) is 0 Å². The van der Waals surface area contributed by atoms with Gasteiger partial charge in [0.15, 0.2) is 0 Å². The van der Waals surface area contributed by atoms with Crippen molar-refractivity contribution in [3.8, 4) is 11.5 Å². The first kappa shape index (κ1) is 14.3. The first-order valence-corrected chi connectivity index (χ1v) is 3.65. The Labute approximate surface area is 141 Å². The van der Waals surface area contributed by atoms with Crippen molar-refractivity contribution in [1.29, 1.82) is 0 Å². The van der Waals surface area contributed by atoms with Crippen LogP contribution in [-0.2, 0) is 0 Å². The fourth-order valence-electron chi connectivity index (χ4n) is 1.06. The quantitative estimate of drug-likeness (QED) is 0.894. The van der Waals surface area contributed by atoms with Crippen LogP contribution in [0, 0.1) is 0 Å². The molecule has 0 atom stereocenters. The van der Waals surface area contributed by atoms with E-state index in [0.29, 0.717) is 11.5 Å². The van der Waals surface area contributed by atoms with Crippen molar-refractivity contribution in [3.63, 3.8) is 0 Å². The number of carboxylic acid groups (broad SMARTS) is 1. The molecule has 1 N–H and O–H groups in total. The van der Waals surface area contributed by atoms with Crippen LogP contribution in [0.15, 0.2) is 18.2 Å². The maximum atomic E-state index is 10.8. The average Bonchev–Trinajstić information content (AvgIpc) is 2.16. The molecule has 0 heterocycles. The normalized spacial score (nSPS) is 8.71. The fraction of sp³-hybridized carbons (Fsp3) is 0.222. The Hall–Kier alpha value is 0.342. The molecule has 0 radical (unpaired) electrons. The first-order chi connectivity index (χ1) is 6.20. The molecule has 0 saturated heterocycles. The molecule has 0 saturated carbocycles. The van der Waals surface area contributed by atoms with Gasteiger partial charge in [-0.05, 0) is 12.1 Å². The van der Waals surface area contributed by atoms with Gasteiger partial charge in [0, 0.05) is 0 Å². The van der Waals surface area contributed by atoms with E-state index in [1.807, 2.05) is 0 Å². The summed E-state index contributed by atoms with van der Waals surface area (Å²) in [5, 5.41) is 8.85. The molecule has 0 unspecified atom stereocenters. The number of methoxy groups -OCH3 is 2. The van der Waals surface area contributed by atoms with Crippen molar-refractivity contribution >= 4 is 74.9 Å². The van der Waals surface area contributed by atoms with E-state index in [-0.39, 0.29) is 74.5 Å². The van der Waals surface area contributed by atoms with Crippen LogP contribution < -0.4 is 9.47 Å². The summed E-state index contributed by atoms with van der Waals surface area (Å²) >= 11 is 0. The van der Waals surface area contributed by atoms with Gasteiger partial charge in [0.1, 0.15) is 17.1 Å². The number of hydrogen-bond acceptors (Lipinski definition) is 3. The van der Waals surface area contributed by atoms with E-state index >= 15 is 0 Å². The van der Waals surface area contributed by atoms with Crippen LogP contribution in [0.2, 0.25) is 0 Å². The minimum atomic E-state index is -1.06. The summed E-state index contributed by atoms with van der Waals surface area (Å²) < 4.78 is 9.78. The van der Waals surface area contributed by atoms with E-state index in [1.165, 1.54) is 14.2 Å². The van der Waals surface area contributed by atoms with E-state index in [2.05, 4.69) is 0 Å². The van der Waals surface area contributed by atoms with Gasteiger partial charge in [-0.3, -0.25) is 0 Å². The van der Waals surface area contributed by atoms with Gasteiger partial charge < -0.3 is 14.6 Å². The summed E-state index contributed by atoms with van der Waals surface area (Å²) in [6, 6.07) is 4.82. The van der Waals surface area contributed by atoms with E-state index in [1.54, 1.807) is 18.2 Å². The zero-order valence-corrected chi connectivity index (χ0v) is 7.40. The van der Waals surface area contributed by atoms with Crippen molar-refractivity contribution in [2.45, 2.75) is 0 Å². The molecule has 0 fully saturated rings. The number of ether oxygens (including phenoxy) is 2. The molecule has 0 bridgehead atoms. The summed E-state index contributed by atoms with van der Waals surface area (Å²) in [6.07, 6.45) is 0. The molecular formula is C9H11CsO4. The molecule has 1 aromatic rings. The monoisotopic (exact) mass is 316 g/mol. The molecule has 72 valence electrons. The van der Waals surface area contributed by atoms with E-state index in [0.717, 1.165) is 0 Å². The predicted octanol–water partition coefficient (Wildman–Crippen LogP) is 0.753. The molecule has 0 aliphatic rings. The average molecular weight is 316 g/mol. The maximum absolute atomic E-state index is 10.8. The van der Waals surface area contributed by atoms with E-state index in [9.17, 15) is 4.79 Å². The minimum absolute atomic E-state index is 0. The number of aromatic carboxylic acids is 1. The van der Waals surface area contributed by atoms with Gasteiger partial charge in [0.05, 0.1) is 14.2 Å². The molecule has 0 spiro atoms. The summed E-state index contributed by atoms with van der Waals surface area (Å²) in [5.41, 5.74) is 0.0486. The number of carboxylic acids is 1. The second-order valence-corrected chi connectivity index (χ2v) is 2.34. The number of hydrogen-bond donors (Lipinski definition) is 1. The van der Waals surface area contributed by atoms with E-state index < -0.39 is 5.97 Å². The molecular weight excluding hydrogens is 305 g/mol. The number of rotatable bonds is 3. The van der Waals surface area contributed by atoms with Gasteiger partial charge in [-0.1, -0.05) is 6.07 Å². The van der Waals surface area contributed by atoms with Crippen molar-refractivity contribution < 1.29 is 19.4 Å². The fourth-order valence-corrected chi connectivity index (χ4v) is 1.06. The summed E-state index contributed by atoms with van der Waals surface area (Å²) in [5.74, 6) is -0.465. The third-order valence-electron chi connectivity index (χ3n) is 1.64. The van der Waals surface area contributed by atoms with Crippen LogP contribution in [0.25, 0.3) is 0 Å². The van der Waals surface area contributed by atoms with Crippen molar-refractivity contribution in [1.82, 2.24) is 0 Å². The van der Waals surface area contributed by atoms with Gasteiger partial charge >= 0.3 is 74.9 Å². The Morgan fingerprint density at radius 3 is 1.93 bits per heavy atom. The van der Waals surface area contributed by atoms with E-state index in [4.69, 9.17) is 14.6 Å². The van der Waals surface area contributed by atoms with Crippen LogP contribution in [0.4, 0.5) is 0 Å². The van der Waals surface area contributed by atoms with Gasteiger partial charge in [0.25, 0.3) is 0 Å². The van der Waals surface area contributed by atoms with Gasteiger partial charge in [-0.15, -0.1) is 0 Å². The number of carbonyl (C=O) groups is 1. The second-order valence-electron chi connectivity index (χ2n) is 2.34. The van der Waals surface area contributed by atoms with Crippen LogP contribution in [0.5, 0.6) is 11.5 Å². The molecule has 14 heavy (non-hydrogen) atoms. The Balaban J connectivity index is 0.00000169. The molecule has 0 amide bonds. The van der Waals surface area contributed by atoms with Gasteiger partial charge in [-0.25, -0.2) is 4.79 Å². The van der Waals surface area contributed by atoms with Crippen LogP contribution in [-0.4, -0.2) is 94.2 Å². The van der Waals surface area contributed by atoms with Crippen molar-refractivity contribution in [2.75, 3.05) is 14.2 Å². The topological polar surface area (TPSA) is 55.8 Å². The Kier molecular flexibility index (Phi) is 6.92. The Morgan fingerprint density at radius 1 is 1.21 bits per heavy atom.